The highest BCUT2D eigenvalue weighted by molar-refractivity contribution is 5.84. The van der Waals surface area contributed by atoms with Crippen LogP contribution in [0.2, 0.25) is 0 Å². The number of fused-ring (bicyclic) bond motifs is 1. The Morgan fingerprint density at radius 2 is 2.00 bits per heavy atom. The topological polar surface area (TPSA) is 60.4 Å². The Bertz CT molecular complexity index is 616. The maximum Gasteiger partial charge on any atom is 0.347 e. The SMILES string of the molecule is CC(=O)Cc1oc2cc(C)oc(=O)c2c1C. The number of ketones is 1. The Labute approximate surface area is 91.9 Å². The molecular formula is C12H12O4. The Kier molecular flexibility index (Phi) is 2.42. The summed E-state index contributed by atoms with van der Waals surface area (Å²) in [5, 5.41) is 0.432. The molecule has 0 unspecified atom stereocenters. The van der Waals surface area contributed by atoms with Crippen molar-refractivity contribution in [1.82, 2.24) is 0 Å². The lowest BCUT2D eigenvalue weighted by Crippen LogP contribution is -2.01. The van der Waals surface area contributed by atoms with Gasteiger partial charge in [-0.05, 0) is 20.8 Å². The Morgan fingerprint density at radius 1 is 1.31 bits per heavy atom. The highest BCUT2D eigenvalue weighted by Crippen LogP contribution is 2.23. The first-order valence-corrected chi connectivity index (χ1v) is 5.01. The molecule has 4 heteroatoms. The van der Waals surface area contributed by atoms with Crippen molar-refractivity contribution in [2.45, 2.75) is 27.2 Å². The molecule has 0 fully saturated rings. The first kappa shape index (κ1) is 10.7. The maximum atomic E-state index is 11.6. The van der Waals surface area contributed by atoms with Crippen LogP contribution < -0.4 is 5.63 Å². The van der Waals surface area contributed by atoms with Crippen molar-refractivity contribution in [2.24, 2.45) is 0 Å². The Balaban J connectivity index is 2.73. The van der Waals surface area contributed by atoms with E-state index in [2.05, 4.69) is 0 Å². The molecule has 0 N–H and O–H groups in total. The number of hydrogen-bond acceptors (Lipinski definition) is 4. The van der Waals surface area contributed by atoms with Gasteiger partial charge in [-0.1, -0.05) is 0 Å². The molecule has 0 saturated heterocycles. The lowest BCUT2D eigenvalue weighted by atomic mass is 10.1. The third-order valence-corrected chi connectivity index (χ3v) is 2.47. The van der Waals surface area contributed by atoms with E-state index in [1.807, 2.05) is 0 Å². The van der Waals surface area contributed by atoms with Crippen LogP contribution in [0, 0.1) is 13.8 Å². The fourth-order valence-corrected chi connectivity index (χ4v) is 1.75. The zero-order valence-electron chi connectivity index (χ0n) is 9.42. The van der Waals surface area contributed by atoms with Crippen LogP contribution in [0.1, 0.15) is 24.0 Å². The van der Waals surface area contributed by atoms with Gasteiger partial charge in [0, 0.05) is 11.6 Å². The molecule has 0 aliphatic heterocycles. The largest absolute Gasteiger partial charge is 0.460 e. The van der Waals surface area contributed by atoms with Crippen LogP contribution in [0.15, 0.2) is 19.7 Å². The second-order valence-electron chi connectivity index (χ2n) is 3.91. The summed E-state index contributed by atoms with van der Waals surface area (Å²) in [6.07, 6.45) is 0.207. The van der Waals surface area contributed by atoms with Crippen molar-refractivity contribution in [2.75, 3.05) is 0 Å². The Hall–Kier alpha value is -1.84. The molecule has 0 spiro atoms. The van der Waals surface area contributed by atoms with Gasteiger partial charge in [-0.3, -0.25) is 4.79 Å². The highest BCUT2D eigenvalue weighted by Gasteiger charge is 2.16. The molecule has 2 aromatic rings. The minimum Gasteiger partial charge on any atom is -0.460 e. The normalized spacial score (nSPS) is 10.9. The van der Waals surface area contributed by atoms with E-state index in [4.69, 9.17) is 8.83 Å². The molecule has 0 radical (unpaired) electrons. The molecule has 0 aliphatic rings. The Morgan fingerprint density at radius 3 is 2.62 bits per heavy atom. The molecule has 84 valence electrons. The molecule has 0 aliphatic carbocycles. The summed E-state index contributed by atoms with van der Waals surface area (Å²) in [5.74, 6) is 1.05. The number of furan rings is 1. The molecule has 2 heterocycles. The van der Waals surface area contributed by atoms with Gasteiger partial charge >= 0.3 is 5.63 Å². The van der Waals surface area contributed by atoms with Crippen molar-refractivity contribution in [3.63, 3.8) is 0 Å². The summed E-state index contributed by atoms with van der Waals surface area (Å²) < 4.78 is 10.5. The second-order valence-corrected chi connectivity index (χ2v) is 3.91. The molecule has 0 aromatic carbocycles. The van der Waals surface area contributed by atoms with Gasteiger partial charge < -0.3 is 8.83 Å². The summed E-state index contributed by atoms with van der Waals surface area (Å²) in [6, 6.07) is 1.66. The molecule has 0 atom stereocenters. The standard InChI is InChI=1S/C12H12O4/c1-6(13)4-9-8(3)11-10(16-9)5-7(2)15-12(11)14/h5H,4H2,1-3H3. The number of carbonyl (C=O) groups excluding carboxylic acids is 1. The van der Waals surface area contributed by atoms with Gasteiger partial charge in [0.25, 0.3) is 0 Å². The summed E-state index contributed by atoms with van der Waals surface area (Å²) in [4.78, 5) is 22.6. The smallest absolute Gasteiger partial charge is 0.347 e. The van der Waals surface area contributed by atoms with E-state index in [-0.39, 0.29) is 12.2 Å². The lowest BCUT2D eigenvalue weighted by molar-refractivity contribution is -0.116. The van der Waals surface area contributed by atoms with E-state index in [1.165, 1.54) is 6.92 Å². The first-order chi connectivity index (χ1) is 7.49. The van der Waals surface area contributed by atoms with E-state index in [0.717, 1.165) is 0 Å². The van der Waals surface area contributed by atoms with E-state index >= 15 is 0 Å². The molecule has 0 bridgehead atoms. The van der Waals surface area contributed by atoms with Crippen molar-refractivity contribution in [3.05, 3.63) is 33.6 Å². The average Bonchev–Trinajstić information content (AvgIpc) is 2.41. The van der Waals surface area contributed by atoms with E-state index in [9.17, 15) is 9.59 Å². The number of aryl methyl sites for hydroxylation is 2. The second kappa shape index (κ2) is 3.63. The number of carbonyl (C=O) groups is 1. The minimum atomic E-state index is -0.411. The van der Waals surface area contributed by atoms with Gasteiger partial charge in [0.1, 0.15) is 28.3 Å². The van der Waals surface area contributed by atoms with Gasteiger partial charge in [-0.25, -0.2) is 4.79 Å². The van der Waals surface area contributed by atoms with Crippen LogP contribution in [0.4, 0.5) is 0 Å². The third kappa shape index (κ3) is 1.66. The van der Waals surface area contributed by atoms with E-state index in [1.54, 1.807) is 19.9 Å². The molecular weight excluding hydrogens is 208 g/mol. The van der Waals surface area contributed by atoms with E-state index < -0.39 is 5.63 Å². The van der Waals surface area contributed by atoms with E-state index in [0.29, 0.717) is 28.1 Å². The predicted octanol–water partition coefficient (Wildman–Crippen LogP) is 2.13. The van der Waals surface area contributed by atoms with Crippen LogP contribution in [-0.4, -0.2) is 5.78 Å². The van der Waals surface area contributed by atoms with Crippen molar-refractivity contribution in [1.29, 1.82) is 0 Å². The van der Waals surface area contributed by atoms with Crippen LogP contribution in [-0.2, 0) is 11.2 Å². The number of Topliss-reactive ketones (excluding diaryl/α,β-unsaturated/α-hetero) is 1. The van der Waals surface area contributed by atoms with Crippen molar-refractivity contribution in [3.8, 4) is 0 Å². The number of hydrogen-bond donors (Lipinski definition) is 0. The van der Waals surface area contributed by atoms with Gasteiger partial charge in [-0.2, -0.15) is 0 Å². The number of rotatable bonds is 2. The predicted molar refractivity (Wildman–Crippen MR) is 58.6 cm³/mol. The molecule has 4 nitrogen and oxygen atoms in total. The van der Waals surface area contributed by atoms with Crippen molar-refractivity contribution < 1.29 is 13.6 Å². The van der Waals surface area contributed by atoms with Gasteiger partial charge in [0.05, 0.1) is 6.42 Å². The fraction of sp³-hybridized carbons (Fsp3) is 0.333. The zero-order valence-corrected chi connectivity index (χ0v) is 9.42. The van der Waals surface area contributed by atoms with Crippen molar-refractivity contribution >= 4 is 16.8 Å². The molecule has 0 saturated carbocycles. The van der Waals surface area contributed by atoms with Crippen LogP contribution in [0.5, 0.6) is 0 Å². The quantitative estimate of drug-likeness (QED) is 0.777. The maximum absolute atomic E-state index is 11.6. The summed E-state index contributed by atoms with van der Waals surface area (Å²) >= 11 is 0. The summed E-state index contributed by atoms with van der Waals surface area (Å²) in [5.41, 5.74) is 0.771. The lowest BCUT2D eigenvalue weighted by Gasteiger charge is -1.91. The molecule has 0 amide bonds. The highest BCUT2D eigenvalue weighted by atomic mass is 16.4. The van der Waals surface area contributed by atoms with Crippen LogP contribution in [0.25, 0.3) is 11.0 Å². The van der Waals surface area contributed by atoms with Gasteiger partial charge in [0.2, 0.25) is 0 Å². The molecule has 2 rings (SSSR count). The molecule has 2 aromatic heterocycles. The minimum absolute atomic E-state index is 0.00302. The fourth-order valence-electron chi connectivity index (χ4n) is 1.75. The van der Waals surface area contributed by atoms with Gasteiger partial charge in [-0.15, -0.1) is 0 Å². The molecule has 16 heavy (non-hydrogen) atoms. The summed E-state index contributed by atoms with van der Waals surface area (Å²) in [7, 11) is 0. The third-order valence-electron chi connectivity index (χ3n) is 2.47. The first-order valence-electron chi connectivity index (χ1n) is 5.01. The van der Waals surface area contributed by atoms with Gasteiger partial charge in [0.15, 0.2) is 0 Å². The monoisotopic (exact) mass is 220 g/mol. The summed E-state index contributed by atoms with van der Waals surface area (Å²) in [6.45, 7) is 4.93. The van der Waals surface area contributed by atoms with Crippen LogP contribution >= 0.6 is 0 Å². The average molecular weight is 220 g/mol. The van der Waals surface area contributed by atoms with Crippen LogP contribution in [0.3, 0.4) is 0 Å². The zero-order chi connectivity index (χ0) is 11.9.